The summed E-state index contributed by atoms with van der Waals surface area (Å²) in [4.78, 5) is 16.9. The summed E-state index contributed by atoms with van der Waals surface area (Å²) < 4.78 is 6.21. The molecular formula is C21H24N2O2S. The monoisotopic (exact) mass is 368 g/mol. The van der Waals surface area contributed by atoms with Gasteiger partial charge in [0.25, 0.3) is 5.91 Å². The average molecular weight is 369 g/mol. The van der Waals surface area contributed by atoms with Crippen LogP contribution in [0, 0.1) is 0 Å². The Kier molecular flexibility index (Phi) is 6.23. The van der Waals surface area contributed by atoms with Gasteiger partial charge in [0.05, 0.1) is 17.3 Å². The molecule has 26 heavy (non-hydrogen) atoms. The maximum Gasteiger partial charge on any atom is 0.257 e. The highest BCUT2D eigenvalue weighted by Crippen LogP contribution is 2.29. The SMILES string of the molecule is CCCCCCc1ccc(C(=O)Nc2nc3ccc(OC)cc3s2)cc1. The molecular weight excluding hydrogens is 344 g/mol. The number of nitrogens with zero attached hydrogens (tertiary/aromatic N) is 1. The van der Waals surface area contributed by atoms with Crippen LogP contribution < -0.4 is 10.1 Å². The van der Waals surface area contributed by atoms with Crippen molar-refractivity contribution in [2.45, 2.75) is 39.0 Å². The number of hydrogen-bond acceptors (Lipinski definition) is 4. The third-order valence-electron chi connectivity index (χ3n) is 4.35. The Morgan fingerprint density at radius 3 is 2.65 bits per heavy atom. The lowest BCUT2D eigenvalue weighted by Crippen LogP contribution is -2.11. The van der Waals surface area contributed by atoms with E-state index in [0.717, 1.165) is 22.4 Å². The fourth-order valence-corrected chi connectivity index (χ4v) is 3.72. The van der Waals surface area contributed by atoms with E-state index >= 15 is 0 Å². The molecule has 5 heteroatoms. The Morgan fingerprint density at radius 2 is 1.92 bits per heavy atom. The number of ether oxygens (including phenoxy) is 1. The number of methoxy groups -OCH3 is 1. The van der Waals surface area contributed by atoms with Crippen LogP contribution in [0.1, 0.15) is 48.5 Å². The van der Waals surface area contributed by atoms with Gasteiger partial charge in [-0.2, -0.15) is 0 Å². The lowest BCUT2D eigenvalue weighted by molar-refractivity contribution is 0.102. The quantitative estimate of drug-likeness (QED) is 0.520. The minimum absolute atomic E-state index is 0.131. The minimum atomic E-state index is -0.131. The molecule has 0 aliphatic heterocycles. The first-order valence-electron chi connectivity index (χ1n) is 9.04. The molecule has 3 rings (SSSR count). The molecule has 0 unspecified atom stereocenters. The van der Waals surface area contributed by atoms with Gasteiger partial charge in [-0.1, -0.05) is 49.7 Å². The van der Waals surface area contributed by atoms with Gasteiger partial charge < -0.3 is 4.74 Å². The van der Waals surface area contributed by atoms with Crippen molar-refractivity contribution in [1.29, 1.82) is 0 Å². The molecule has 1 heterocycles. The first-order valence-corrected chi connectivity index (χ1v) is 9.86. The molecule has 0 aliphatic rings. The molecule has 0 fully saturated rings. The summed E-state index contributed by atoms with van der Waals surface area (Å²) in [7, 11) is 1.64. The molecule has 1 amide bonds. The molecule has 1 N–H and O–H groups in total. The number of fused-ring (bicyclic) bond motifs is 1. The number of hydrogen-bond donors (Lipinski definition) is 1. The minimum Gasteiger partial charge on any atom is -0.497 e. The molecule has 0 atom stereocenters. The highest BCUT2D eigenvalue weighted by Gasteiger charge is 2.10. The van der Waals surface area contributed by atoms with E-state index in [-0.39, 0.29) is 5.91 Å². The fourth-order valence-electron chi connectivity index (χ4n) is 2.83. The van der Waals surface area contributed by atoms with Crippen LogP contribution in [-0.2, 0) is 6.42 Å². The standard InChI is InChI=1S/C21H24N2O2S/c1-3-4-5-6-7-15-8-10-16(11-9-15)20(24)23-21-22-18-13-12-17(25-2)14-19(18)26-21/h8-14H,3-7H2,1-2H3,(H,22,23,24). The lowest BCUT2D eigenvalue weighted by Gasteiger charge is -2.04. The van der Waals surface area contributed by atoms with Crippen LogP contribution >= 0.6 is 11.3 Å². The van der Waals surface area contributed by atoms with Gasteiger partial charge >= 0.3 is 0 Å². The van der Waals surface area contributed by atoms with Crippen molar-refractivity contribution in [3.63, 3.8) is 0 Å². The predicted molar refractivity (Wildman–Crippen MR) is 108 cm³/mol. The van der Waals surface area contributed by atoms with Crippen molar-refractivity contribution in [2.75, 3.05) is 12.4 Å². The number of benzene rings is 2. The number of thiazole rings is 1. The molecule has 2 aromatic carbocycles. The van der Waals surface area contributed by atoms with E-state index in [1.165, 1.54) is 42.6 Å². The number of nitrogens with one attached hydrogen (secondary N) is 1. The summed E-state index contributed by atoms with van der Waals surface area (Å²) in [5, 5.41) is 3.49. The number of anilines is 1. The molecule has 0 aliphatic carbocycles. The lowest BCUT2D eigenvalue weighted by atomic mass is 10.0. The number of aryl methyl sites for hydroxylation is 1. The van der Waals surface area contributed by atoms with Gasteiger partial charge in [0.1, 0.15) is 5.75 Å². The number of unbranched alkanes of at least 4 members (excludes halogenated alkanes) is 3. The molecule has 4 nitrogen and oxygen atoms in total. The highest BCUT2D eigenvalue weighted by atomic mass is 32.1. The topological polar surface area (TPSA) is 51.2 Å². The van der Waals surface area contributed by atoms with E-state index in [1.54, 1.807) is 7.11 Å². The van der Waals surface area contributed by atoms with E-state index in [9.17, 15) is 4.79 Å². The Morgan fingerprint density at radius 1 is 1.12 bits per heavy atom. The van der Waals surface area contributed by atoms with Crippen molar-refractivity contribution in [3.8, 4) is 5.75 Å². The second kappa shape index (κ2) is 8.81. The number of rotatable bonds is 8. The van der Waals surface area contributed by atoms with Gasteiger partial charge in [-0.25, -0.2) is 4.98 Å². The Balaban J connectivity index is 1.62. The van der Waals surface area contributed by atoms with Crippen LogP contribution in [0.15, 0.2) is 42.5 Å². The highest BCUT2D eigenvalue weighted by molar-refractivity contribution is 7.22. The van der Waals surface area contributed by atoms with Crippen molar-refractivity contribution < 1.29 is 9.53 Å². The van der Waals surface area contributed by atoms with Crippen molar-refractivity contribution in [2.24, 2.45) is 0 Å². The molecule has 0 saturated carbocycles. The van der Waals surface area contributed by atoms with Crippen LogP contribution in [0.3, 0.4) is 0 Å². The average Bonchev–Trinajstić information content (AvgIpc) is 3.06. The molecule has 136 valence electrons. The van der Waals surface area contributed by atoms with Crippen LogP contribution in [0.4, 0.5) is 5.13 Å². The summed E-state index contributed by atoms with van der Waals surface area (Å²) in [6.45, 7) is 2.22. The third-order valence-corrected chi connectivity index (χ3v) is 5.28. The van der Waals surface area contributed by atoms with Gasteiger partial charge in [-0.3, -0.25) is 10.1 Å². The normalized spacial score (nSPS) is 10.8. The molecule has 1 aromatic heterocycles. The third kappa shape index (κ3) is 4.61. The summed E-state index contributed by atoms with van der Waals surface area (Å²) in [6, 6.07) is 13.6. The zero-order chi connectivity index (χ0) is 18.4. The molecule has 0 bridgehead atoms. The van der Waals surface area contributed by atoms with Crippen LogP contribution in [0.25, 0.3) is 10.2 Å². The fraction of sp³-hybridized carbons (Fsp3) is 0.333. The van der Waals surface area contributed by atoms with Gasteiger partial charge in [-0.05, 0) is 48.7 Å². The number of amides is 1. The maximum atomic E-state index is 12.5. The maximum absolute atomic E-state index is 12.5. The Labute approximate surface area is 158 Å². The summed E-state index contributed by atoms with van der Waals surface area (Å²) in [5.74, 6) is 0.655. The van der Waals surface area contributed by atoms with Gasteiger partial charge in [0.15, 0.2) is 5.13 Å². The van der Waals surface area contributed by atoms with E-state index in [2.05, 4.69) is 17.2 Å². The Bertz CT molecular complexity index is 871. The van der Waals surface area contributed by atoms with E-state index in [0.29, 0.717) is 10.7 Å². The van der Waals surface area contributed by atoms with Gasteiger partial charge in [-0.15, -0.1) is 0 Å². The van der Waals surface area contributed by atoms with Crippen molar-refractivity contribution >= 4 is 32.6 Å². The molecule has 0 saturated heterocycles. The summed E-state index contributed by atoms with van der Waals surface area (Å²) in [5.41, 5.74) is 2.79. The van der Waals surface area contributed by atoms with Crippen LogP contribution in [0.2, 0.25) is 0 Å². The predicted octanol–water partition coefficient (Wildman–Crippen LogP) is 5.68. The van der Waals surface area contributed by atoms with E-state index < -0.39 is 0 Å². The second-order valence-electron chi connectivity index (χ2n) is 6.31. The van der Waals surface area contributed by atoms with Crippen molar-refractivity contribution in [1.82, 2.24) is 4.98 Å². The Hall–Kier alpha value is -2.40. The van der Waals surface area contributed by atoms with Crippen LogP contribution in [0.5, 0.6) is 5.75 Å². The number of carbonyl (C=O) groups is 1. The first-order chi connectivity index (χ1) is 12.7. The largest absolute Gasteiger partial charge is 0.497 e. The van der Waals surface area contributed by atoms with Crippen molar-refractivity contribution in [3.05, 3.63) is 53.6 Å². The zero-order valence-electron chi connectivity index (χ0n) is 15.2. The smallest absolute Gasteiger partial charge is 0.257 e. The first kappa shape index (κ1) is 18.4. The zero-order valence-corrected chi connectivity index (χ0v) is 16.1. The van der Waals surface area contributed by atoms with Gasteiger partial charge in [0, 0.05) is 5.56 Å². The van der Waals surface area contributed by atoms with E-state index in [4.69, 9.17) is 4.74 Å². The summed E-state index contributed by atoms with van der Waals surface area (Å²) >= 11 is 1.45. The van der Waals surface area contributed by atoms with E-state index in [1.807, 2.05) is 42.5 Å². The molecule has 0 radical (unpaired) electrons. The number of aromatic nitrogens is 1. The van der Waals surface area contributed by atoms with Gasteiger partial charge in [0.2, 0.25) is 0 Å². The number of carbonyl (C=O) groups excluding carboxylic acids is 1. The molecule has 0 spiro atoms. The summed E-state index contributed by atoms with van der Waals surface area (Å²) in [6.07, 6.45) is 6.07. The second-order valence-corrected chi connectivity index (χ2v) is 7.35. The molecule has 3 aromatic rings. The van der Waals surface area contributed by atoms with Crippen LogP contribution in [-0.4, -0.2) is 18.0 Å².